The third kappa shape index (κ3) is 3.56. The number of aliphatic hydroxyl groups is 1. The van der Waals surface area contributed by atoms with Crippen molar-refractivity contribution < 1.29 is 19.8 Å². The van der Waals surface area contributed by atoms with E-state index < -0.39 is 18.1 Å². The van der Waals surface area contributed by atoms with Gasteiger partial charge in [0, 0.05) is 13.5 Å². The highest BCUT2D eigenvalue weighted by atomic mass is 16.4. The molecule has 0 unspecified atom stereocenters. The third-order valence-electron chi connectivity index (χ3n) is 2.65. The lowest BCUT2D eigenvalue weighted by Crippen LogP contribution is -2.49. The van der Waals surface area contributed by atoms with Crippen LogP contribution in [0.4, 0.5) is 0 Å². The van der Waals surface area contributed by atoms with E-state index in [1.165, 1.54) is 13.8 Å². The number of rotatable bonds is 5. The number of hydrogen-bond acceptors (Lipinski definition) is 3. The standard InChI is InChI=1S/C13H17NO4/c1-9(15)12(13(17)18)14(10(2)16)8-11-6-4-3-5-7-11/h3-7,9,12,15H,8H2,1-2H3,(H,17,18)/t9-,12+/m1/s1. The Labute approximate surface area is 106 Å². The number of carboxylic acids is 1. The lowest BCUT2D eigenvalue weighted by molar-refractivity contribution is -0.154. The van der Waals surface area contributed by atoms with Crippen molar-refractivity contribution in [3.05, 3.63) is 35.9 Å². The maximum absolute atomic E-state index is 11.6. The monoisotopic (exact) mass is 251 g/mol. The lowest BCUT2D eigenvalue weighted by Gasteiger charge is -2.29. The molecule has 1 amide bonds. The number of benzene rings is 1. The predicted molar refractivity (Wildman–Crippen MR) is 65.8 cm³/mol. The molecule has 98 valence electrons. The fourth-order valence-electron chi connectivity index (χ4n) is 1.79. The van der Waals surface area contributed by atoms with Gasteiger partial charge in [-0.1, -0.05) is 30.3 Å². The van der Waals surface area contributed by atoms with Gasteiger partial charge in [-0.05, 0) is 12.5 Å². The van der Waals surface area contributed by atoms with Gasteiger partial charge in [0.25, 0.3) is 0 Å². The molecule has 0 spiro atoms. The zero-order valence-electron chi connectivity index (χ0n) is 10.4. The first kappa shape index (κ1) is 14.2. The van der Waals surface area contributed by atoms with Crippen LogP contribution in [0.2, 0.25) is 0 Å². The van der Waals surface area contributed by atoms with Gasteiger partial charge in [0.2, 0.25) is 5.91 Å². The molecule has 0 fully saturated rings. The Morgan fingerprint density at radius 3 is 2.22 bits per heavy atom. The van der Waals surface area contributed by atoms with Crippen LogP contribution in [0.25, 0.3) is 0 Å². The summed E-state index contributed by atoms with van der Waals surface area (Å²) >= 11 is 0. The summed E-state index contributed by atoms with van der Waals surface area (Å²) in [4.78, 5) is 23.8. The molecule has 0 saturated heterocycles. The SMILES string of the molecule is CC(=O)N(Cc1ccccc1)[C@H](C(=O)O)[C@@H](C)O. The minimum atomic E-state index is -1.23. The van der Waals surface area contributed by atoms with Crippen molar-refractivity contribution in [1.29, 1.82) is 0 Å². The second kappa shape index (κ2) is 6.16. The van der Waals surface area contributed by atoms with Gasteiger partial charge < -0.3 is 15.1 Å². The van der Waals surface area contributed by atoms with E-state index in [0.29, 0.717) is 0 Å². The van der Waals surface area contributed by atoms with Gasteiger partial charge >= 0.3 is 5.97 Å². The van der Waals surface area contributed by atoms with E-state index in [0.717, 1.165) is 10.5 Å². The van der Waals surface area contributed by atoms with Crippen LogP contribution in [0.5, 0.6) is 0 Å². The molecule has 1 aromatic rings. The van der Waals surface area contributed by atoms with Crippen LogP contribution in [0.15, 0.2) is 30.3 Å². The van der Waals surface area contributed by atoms with E-state index in [1.54, 1.807) is 12.1 Å². The Bertz CT molecular complexity index is 416. The van der Waals surface area contributed by atoms with Crippen molar-refractivity contribution in [3.8, 4) is 0 Å². The highest BCUT2D eigenvalue weighted by Gasteiger charge is 2.31. The first-order valence-electron chi connectivity index (χ1n) is 5.65. The van der Waals surface area contributed by atoms with Crippen molar-refractivity contribution >= 4 is 11.9 Å². The summed E-state index contributed by atoms with van der Waals surface area (Å²) < 4.78 is 0. The van der Waals surface area contributed by atoms with Crippen LogP contribution < -0.4 is 0 Å². The van der Waals surface area contributed by atoms with Crippen LogP contribution in [-0.2, 0) is 16.1 Å². The highest BCUT2D eigenvalue weighted by Crippen LogP contribution is 2.12. The van der Waals surface area contributed by atoms with E-state index in [9.17, 15) is 14.7 Å². The fourth-order valence-corrected chi connectivity index (χ4v) is 1.79. The molecule has 5 heteroatoms. The second-order valence-electron chi connectivity index (χ2n) is 4.16. The van der Waals surface area contributed by atoms with Gasteiger partial charge in [-0.25, -0.2) is 4.79 Å². The normalized spacial score (nSPS) is 13.7. The van der Waals surface area contributed by atoms with E-state index in [2.05, 4.69) is 0 Å². The van der Waals surface area contributed by atoms with Crippen LogP contribution in [0, 0.1) is 0 Å². The van der Waals surface area contributed by atoms with Crippen LogP contribution >= 0.6 is 0 Å². The average molecular weight is 251 g/mol. The smallest absolute Gasteiger partial charge is 0.329 e. The maximum atomic E-state index is 11.6. The Morgan fingerprint density at radius 1 is 1.28 bits per heavy atom. The molecule has 2 atom stereocenters. The van der Waals surface area contributed by atoms with Gasteiger partial charge in [-0.15, -0.1) is 0 Å². The van der Waals surface area contributed by atoms with E-state index in [4.69, 9.17) is 5.11 Å². The van der Waals surface area contributed by atoms with Crippen molar-refractivity contribution in [2.45, 2.75) is 32.5 Å². The number of hydrogen-bond donors (Lipinski definition) is 2. The number of nitrogens with zero attached hydrogens (tertiary/aromatic N) is 1. The third-order valence-corrected chi connectivity index (χ3v) is 2.65. The maximum Gasteiger partial charge on any atom is 0.329 e. The molecule has 18 heavy (non-hydrogen) atoms. The summed E-state index contributed by atoms with van der Waals surface area (Å²) in [6.07, 6.45) is -1.13. The largest absolute Gasteiger partial charge is 0.480 e. The van der Waals surface area contributed by atoms with E-state index in [-0.39, 0.29) is 12.5 Å². The molecule has 0 heterocycles. The fraction of sp³-hybridized carbons (Fsp3) is 0.385. The van der Waals surface area contributed by atoms with Gasteiger partial charge in [0.1, 0.15) is 0 Å². The molecular weight excluding hydrogens is 234 g/mol. The predicted octanol–water partition coefficient (Wildman–Crippen LogP) is 0.869. The molecule has 0 aromatic heterocycles. The first-order chi connectivity index (χ1) is 8.43. The molecule has 0 saturated carbocycles. The topological polar surface area (TPSA) is 77.8 Å². The Hall–Kier alpha value is -1.88. The minimum absolute atomic E-state index is 0.165. The number of amides is 1. The molecular formula is C13H17NO4. The lowest BCUT2D eigenvalue weighted by atomic mass is 10.1. The summed E-state index contributed by atoms with van der Waals surface area (Å²) in [7, 11) is 0. The Balaban J connectivity index is 2.95. The number of carboxylic acid groups (broad SMARTS) is 1. The summed E-state index contributed by atoms with van der Waals surface area (Å²) in [5.41, 5.74) is 0.819. The number of aliphatic hydroxyl groups excluding tert-OH is 1. The van der Waals surface area contributed by atoms with Crippen LogP contribution in [0.1, 0.15) is 19.4 Å². The molecule has 2 N–H and O–H groups in total. The van der Waals surface area contributed by atoms with Crippen molar-refractivity contribution in [2.24, 2.45) is 0 Å². The van der Waals surface area contributed by atoms with Crippen molar-refractivity contribution in [3.63, 3.8) is 0 Å². The summed E-state index contributed by atoms with van der Waals surface area (Å²) in [5.74, 6) is -1.59. The molecule has 0 radical (unpaired) electrons. The number of aliphatic carboxylic acids is 1. The Kier molecular flexibility index (Phi) is 4.85. The molecule has 1 rings (SSSR count). The summed E-state index contributed by atoms with van der Waals surface area (Å²) in [6, 6.07) is 7.83. The first-order valence-corrected chi connectivity index (χ1v) is 5.65. The summed E-state index contributed by atoms with van der Waals surface area (Å²) in [5, 5.41) is 18.6. The van der Waals surface area contributed by atoms with Crippen molar-refractivity contribution in [2.75, 3.05) is 0 Å². The zero-order valence-corrected chi connectivity index (χ0v) is 10.4. The van der Waals surface area contributed by atoms with Gasteiger partial charge in [-0.2, -0.15) is 0 Å². The minimum Gasteiger partial charge on any atom is -0.480 e. The number of carbonyl (C=O) groups excluding carboxylic acids is 1. The molecule has 0 aliphatic carbocycles. The van der Waals surface area contributed by atoms with Crippen LogP contribution in [0.3, 0.4) is 0 Å². The Morgan fingerprint density at radius 2 is 1.83 bits per heavy atom. The molecule has 0 aliphatic heterocycles. The van der Waals surface area contributed by atoms with Gasteiger partial charge in [-0.3, -0.25) is 4.79 Å². The molecule has 1 aromatic carbocycles. The molecule has 0 bridgehead atoms. The van der Waals surface area contributed by atoms with Gasteiger partial charge in [0.15, 0.2) is 6.04 Å². The second-order valence-corrected chi connectivity index (χ2v) is 4.16. The quantitative estimate of drug-likeness (QED) is 0.814. The number of carbonyl (C=O) groups is 2. The van der Waals surface area contributed by atoms with Gasteiger partial charge in [0.05, 0.1) is 6.10 Å². The van der Waals surface area contributed by atoms with Crippen molar-refractivity contribution in [1.82, 2.24) is 4.90 Å². The molecule has 0 aliphatic rings. The van der Waals surface area contributed by atoms with Crippen LogP contribution in [-0.4, -0.2) is 39.1 Å². The van der Waals surface area contributed by atoms with E-state index >= 15 is 0 Å². The highest BCUT2D eigenvalue weighted by molar-refractivity contribution is 5.82. The summed E-state index contributed by atoms with van der Waals surface area (Å²) in [6.45, 7) is 2.82. The zero-order chi connectivity index (χ0) is 13.7. The average Bonchev–Trinajstić information content (AvgIpc) is 2.28. The molecule has 5 nitrogen and oxygen atoms in total. The van der Waals surface area contributed by atoms with E-state index in [1.807, 2.05) is 18.2 Å².